The molecule has 1 atom stereocenters. The largest absolute Gasteiger partial charge is 0.384 e. The van der Waals surface area contributed by atoms with Crippen LogP contribution in [0, 0.1) is 5.41 Å². The molecule has 1 fully saturated rings. The minimum Gasteiger partial charge on any atom is -0.384 e. The number of hydrogen-bond donors (Lipinski definition) is 2. The lowest BCUT2D eigenvalue weighted by atomic mass is 9.87. The molecule has 0 bridgehead atoms. The Balaban J connectivity index is 1.64. The van der Waals surface area contributed by atoms with Gasteiger partial charge in [-0.2, -0.15) is 5.10 Å². The number of carbonyl (C=O) groups excluding carboxylic acids is 1. The maximum absolute atomic E-state index is 12.6. The SMILES string of the molecule is COCC1(C(=O)Nc2ccc(Cn3cccn3)cc2)CCNC1. The average Bonchev–Trinajstić information content (AvgIpc) is 3.22. The van der Waals surface area contributed by atoms with Gasteiger partial charge in [-0.3, -0.25) is 9.48 Å². The number of hydrogen-bond acceptors (Lipinski definition) is 4. The highest BCUT2D eigenvalue weighted by Gasteiger charge is 2.41. The number of methoxy groups -OCH3 is 1. The van der Waals surface area contributed by atoms with Gasteiger partial charge in [0.05, 0.1) is 18.6 Å². The lowest BCUT2D eigenvalue weighted by Gasteiger charge is -2.26. The van der Waals surface area contributed by atoms with Crippen LogP contribution >= 0.6 is 0 Å². The molecule has 1 unspecified atom stereocenters. The van der Waals surface area contributed by atoms with Gasteiger partial charge in [0, 0.05) is 31.7 Å². The minimum absolute atomic E-state index is 0.0178. The summed E-state index contributed by atoms with van der Waals surface area (Å²) in [4.78, 5) is 12.6. The van der Waals surface area contributed by atoms with Crippen molar-refractivity contribution in [2.24, 2.45) is 5.41 Å². The summed E-state index contributed by atoms with van der Waals surface area (Å²) in [6, 6.07) is 9.78. The Hall–Kier alpha value is -2.18. The highest BCUT2D eigenvalue weighted by atomic mass is 16.5. The molecule has 0 radical (unpaired) electrons. The van der Waals surface area contributed by atoms with E-state index in [1.165, 1.54) is 0 Å². The molecule has 2 heterocycles. The fourth-order valence-electron chi connectivity index (χ4n) is 2.94. The van der Waals surface area contributed by atoms with Crippen LogP contribution in [-0.4, -0.2) is 42.5 Å². The van der Waals surface area contributed by atoms with E-state index >= 15 is 0 Å². The minimum atomic E-state index is -0.470. The Kier molecular flexibility index (Phi) is 4.73. The van der Waals surface area contributed by atoms with E-state index in [9.17, 15) is 4.79 Å². The summed E-state index contributed by atoms with van der Waals surface area (Å²) in [7, 11) is 1.64. The van der Waals surface area contributed by atoms with Gasteiger partial charge in [-0.15, -0.1) is 0 Å². The molecule has 2 N–H and O–H groups in total. The molecule has 1 aliphatic rings. The van der Waals surface area contributed by atoms with Gasteiger partial charge in [-0.05, 0) is 36.7 Å². The number of benzene rings is 1. The van der Waals surface area contributed by atoms with Crippen LogP contribution in [0.5, 0.6) is 0 Å². The molecule has 1 amide bonds. The maximum atomic E-state index is 12.6. The van der Waals surface area contributed by atoms with Gasteiger partial charge in [0.25, 0.3) is 0 Å². The predicted molar refractivity (Wildman–Crippen MR) is 88.2 cm³/mol. The van der Waals surface area contributed by atoms with Crippen LogP contribution in [0.4, 0.5) is 5.69 Å². The highest BCUT2D eigenvalue weighted by molar-refractivity contribution is 5.95. The molecule has 1 aliphatic heterocycles. The number of rotatable bonds is 6. The van der Waals surface area contributed by atoms with E-state index in [-0.39, 0.29) is 5.91 Å². The van der Waals surface area contributed by atoms with Gasteiger partial charge in [-0.25, -0.2) is 0 Å². The number of nitrogens with one attached hydrogen (secondary N) is 2. The molecular weight excluding hydrogens is 292 g/mol. The molecular formula is C17H22N4O2. The quantitative estimate of drug-likeness (QED) is 0.848. The van der Waals surface area contributed by atoms with Crippen LogP contribution in [0.3, 0.4) is 0 Å². The summed E-state index contributed by atoms with van der Waals surface area (Å²) in [6.07, 6.45) is 4.49. The van der Waals surface area contributed by atoms with E-state index in [0.29, 0.717) is 13.2 Å². The van der Waals surface area contributed by atoms with Crippen molar-refractivity contribution >= 4 is 11.6 Å². The Morgan fingerprint density at radius 2 is 2.26 bits per heavy atom. The first-order valence-corrected chi connectivity index (χ1v) is 7.79. The third kappa shape index (κ3) is 3.60. The molecule has 6 nitrogen and oxygen atoms in total. The van der Waals surface area contributed by atoms with Gasteiger partial charge >= 0.3 is 0 Å². The molecule has 1 aromatic carbocycles. The van der Waals surface area contributed by atoms with E-state index in [1.54, 1.807) is 13.3 Å². The van der Waals surface area contributed by atoms with Crippen molar-refractivity contribution < 1.29 is 9.53 Å². The zero-order valence-electron chi connectivity index (χ0n) is 13.3. The molecule has 0 spiro atoms. The van der Waals surface area contributed by atoms with E-state index in [0.717, 1.165) is 30.8 Å². The van der Waals surface area contributed by atoms with E-state index < -0.39 is 5.41 Å². The van der Waals surface area contributed by atoms with Crippen molar-refractivity contribution in [1.82, 2.24) is 15.1 Å². The maximum Gasteiger partial charge on any atom is 0.234 e. The van der Waals surface area contributed by atoms with E-state index in [1.807, 2.05) is 41.2 Å². The molecule has 23 heavy (non-hydrogen) atoms. The van der Waals surface area contributed by atoms with Gasteiger partial charge in [0.1, 0.15) is 0 Å². The van der Waals surface area contributed by atoms with Crippen LogP contribution in [0.25, 0.3) is 0 Å². The number of anilines is 1. The summed E-state index contributed by atoms with van der Waals surface area (Å²) in [6.45, 7) is 2.66. The zero-order valence-corrected chi connectivity index (χ0v) is 13.3. The average molecular weight is 314 g/mol. The number of aromatic nitrogens is 2. The Morgan fingerprint density at radius 3 is 2.87 bits per heavy atom. The smallest absolute Gasteiger partial charge is 0.234 e. The fourth-order valence-corrected chi connectivity index (χ4v) is 2.94. The summed E-state index contributed by atoms with van der Waals surface area (Å²) in [5.41, 5.74) is 1.48. The summed E-state index contributed by atoms with van der Waals surface area (Å²) < 4.78 is 7.12. The van der Waals surface area contributed by atoms with E-state index in [4.69, 9.17) is 4.74 Å². The van der Waals surface area contributed by atoms with Gasteiger partial charge in [0.15, 0.2) is 0 Å². The second-order valence-corrected chi connectivity index (χ2v) is 5.99. The monoisotopic (exact) mass is 314 g/mol. The number of amides is 1. The number of ether oxygens (including phenoxy) is 1. The molecule has 3 rings (SSSR count). The van der Waals surface area contributed by atoms with Crippen LogP contribution in [0.15, 0.2) is 42.7 Å². The Bertz CT molecular complexity index is 631. The number of nitrogens with zero attached hydrogens (tertiary/aromatic N) is 2. The van der Waals surface area contributed by atoms with Gasteiger partial charge in [0.2, 0.25) is 5.91 Å². The first kappa shape index (κ1) is 15.7. The molecule has 1 aromatic heterocycles. The Labute approximate surface area is 135 Å². The van der Waals surface area contributed by atoms with Crippen molar-refractivity contribution in [2.45, 2.75) is 13.0 Å². The summed E-state index contributed by atoms with van der Waals surface area (Å²) in [5.74, 6) is 0.0178. The molecule has 0 saturated carbocycles. The van der Waals surface area contributed by atoms with Crippen molar-refractivity contribution in [2.75, 3.05) is 32.1 Å². The lowest BCUT2D eigenvalue weighted by Crippen LogP contribution is -2.41. The normalized spacial score (nSPS) is 20.6. The summed E-state index contributed by atoms with van der Waals surface area (Å²) >= 11 is 0. The molecule has 122 valence electrons. The van der Waals surface area contributed by atoms with E-state index in [2.05, 4.69) is 15.7 Å². The first-order chi connectivity index (χ1) is 11.2. The van der Waals surface area contributed by atoms with Crippen molar-refractivity contribution in [1.29, 1.82) is 0 Å². The van der Waals surface area contributed by atoms with Crippen molar-refractivity contribution in [3.8, 4) is 0 Å². The zero-order chi connectivity index (χ0) is 16.1. The van der Waals surface area contributed by atoms with Crippen molar-refractivity contribution in [3.63, 3.8) is 0 Å². The highest BCUT2D eigenvalue weighted by Crippen LogP contribution is 2.27. The van der Waals surface area contributed by atoms with Gasteiger partial charge < -0.3 is 15.4 Å². The standard InChI is InChI=1S/C17H22N4O2/c1-23-13-17(7-9-18-12-17)16(22)20-15-5-3-14(4-6-15)11-21-10-2-8-19-21/h2-6,8,10,18H,7,9,11-13H2,1H3,(H,20,22). The Morgan fingerprint density at radius 1 is 1.43 bits per heavy atom. The second-order valence-electron chi connectivity index (χ2n) is 5.99. The molecule has 1 saturated heterocycles. The number of carbonyl (C=O) groups is 1. The molecule has 6 heteroatoms. The summed E-state index contributed by atoms with van der Waals surface area (Å²) in [5, 5.41) is 10.5. The third-order valence-electron chi connectivity index (χ3n) is 4.26. The van der Waals surface area contributed by atoms with Gasteiger partial charge in [-0.1, -0.05) is 12.1 Å². The third-order valence-corrected chi connectivity index (χ3v) is 4.26. The van der Waals surface area contributed by atoms with Crippen LogP contribution in [-0.2, 0) is 16.1 Å². The van der Waals surface area contributed by atoms with Crippen LogP contribution in [0.2, 0.25) is 0 Å². The second kappa shape index (κ2) is 6.93. The lowest BCUT2D eigenvalue weighted by molar-refractivity contribution is -0.127. The van der Waals surface area contributed by atoms with Crippen LogP contribution < -0.4 is 10.6 Å². The first-order valence-electron chi connectivity index (χ1n) is 7.79. The molecule has 0 aliphatic carbocycles. The predicted octanol–water partition coefficient (Wildman–Crippen LogP) is 1.50. The fraction of sp³-hybridized carbons (Fsp3) is 0.412. The van der Waals surface area contributed by atoms with Crippen LogP contribution in [0.1, 0.15) is 12.0 Å². The topological polar surface area (TPSA) is 68.2 Å². The molecule has 2 aromatic rings. The van der Waals surface area contributed by atoms with Crippen molar-refractivity contribution in [3.05, 3.63) is 48.3 Å².